The summed E-state index contributed by atoms with van der Waals surface area (Å²) in [7, 11) is 1.69. The lowest BCUT2D eigenvalue weighted by Gasteiger charge is -2.54. The molecule has 0 radical (unpaired) electrons. The first-order valence-corrected chi connectivity index (χ1v) is 7.76. The number of amides is 2. The molecular formula is C17H22N2O3. The number of carbonyl (C=O) groups excluding carboxylic acids is 2. The molecule has 2 aliphatic rings. The quantitative estimate of drug-likeness (QED) is 0.898. The molecule has 5 heteroatoms. The topological polar surface area (TPSA) is 58.6 Å². The van der Waals surface area contributed by atoms with Crippen LogP contribution in [0.4, 0.5) is 0 Å². The molecule has 1 aromatic carbocycles. The molecule has 1 N–H and O–H groups in total. The number of hydrogen-bond acceptors (Lipinski definition) is 3. The third-order valence-corrected chi connectivity index (χ3v) is 4.93. The maximum absolute atomic E-state index is 12.5. The van der Waals surface area contributed by atoms with Crippen LogP contribution in [0.5, 0.6) is 0 Å². The Bertz CT molecular complexity index is 575. The van der Waals surface area contributed by atoms with Crippen LogP contribution in [-0.2, 0) is 9.53 Å². The SMILES string of the molecule is CCC(=O)N1CC(NC(=O)c2ccccc2)(C2(OC)CC2)C1. The molecular weight excluding hydrogens is 280 g/mol. The van der Waals surface area contributed by atoms with E-state index in [0.29, 0.717) is 25.1 Å². The van der Waals surface area contributed by atoms with E-state index in [1.165, 1.54) is 0 Å². The van der Waals surface area contributed by atoms with Gasteiger partial charge in [0.25, 0.3) is 5.91 Å². The van der Waals surface area contributed by atoms with E-state index in [0.717, 1.165) is 12.8 Å². The standard InChI is InChI=1S/C17H22N2O3/c1-3-14(20)19-11-16(12-19,17(22-2)9-10-17)18-15(21)13-7-5-4-6-8-13/h4-8H,3,9-12H2,1-2H3,(H,18,21). The second kappa shape index (κ2) is 5.39. The van der Waals surface area contributed by atoms with E-state index >= 15 is 0 Å². The van der Waals surface area contributed by atoms with Crippen LogP contribution >= 0.6 is 0 Å². The van der Waals surface area contributed by atoms with Gasteiger partial charge in [-0.15, -0.1) is 0 Å². The van der Waals surface area contributed by atoms with Crippen molar-refractivity contribution in [1.29, 1.82) is 0 Å². The Labute approximate surface area is 130 Å². The van der Waals surface area contributed by atoms with Gasteiger partial charge in [-0.3, -0.25) is 9.59 Å². The molecule has 1 aliphatic carbocycles. The Kier molecular flexibility index (Phi) is 3.68. The highest BCUT2D eigenvalue weighted by Crippen LogP contribution is 2.51. The van der Waals surface area contributed by atoms with Crippen molar-refractivity contribution in [3.8, 4) is 0 Å². The first-order chi connectivity index (χ1) is 10.6. The van der Waals surface area contributed by atoms with Gasteiger partial charge >= 0.3 is 0 Å². The minimum atomic E-state index is -0.459. The van der Waals surface area contributed by atoms with Crippen molar-refractivity contribution < 1.29 is 14.3 Å². The number of nitrogens with one attached hydrogen (secondary N) is 1. The minimum absolute atomic E-state index is 0.104. The van der Waals surface area contributed by atoms with Crippen LogP contribution in [0.2, 0.25) is 0 Å². The van der Waals surface area contributed by atoms with Crippen LogP contribution in [0.25, 0.3) is 0 Å². The van der Waals surface area contributed by atoms with Crippen molar-refractivity contribution in [2.75, 3.05) is 20.2 Å². The number of benzene rings is 1. The summed E-state index contributed by atoms with van der Waals surface area (Å²) < 4.78 is 5.70. The summed E-state index contributed by atoms with van der Waals surface area (Å²) in [4.78, 5) is 26.2. The molecule has 1 saturated heterocycles. The molecule has 2 fully saturated rings. The molecule has 2 amide bonds. The maximum Gasteiger partial charge on any atom is 0.251 e. The summed E-state index contributed by atoms with van der Waals surface area (Å²) in [5.41, 5.74) is -0.143. The lowest BCUT2D eigenvalue weighted by atomic mass is 9.80. The van der Waals surface area contributed by atoms with Crippen LogP contribution < -0.4 is 5.32 Å². The van der Waals surface area contributed by atoms with Crippen LogP contribution in [-0.4, -0.2) is 48.1 Å². The molecule has 0 spiro atoms. The second-order valence-electron chi connectivity index (χ2n) is 6.20. The van der Waals surface area contributed by atoms with Gasteiger partial charge in [0.05, 0.1) is 5.60 Å². The number of likely N-dealkylation sites (tertiary alicyclic amines) is 1. The number of nitrogens with zero attached hydrogens (tertiary/aromatic N) is 1. The van der Waals surface area contributed by atoms with Gasteiger partial charge < -0.3 is 15.0 Å². The summed E-state index contributed by atoms with van der Waals surface area (Å²) >= 11 is 0. The van der Waals surface area contributed by atoms with E-state index < -0.39 is 5.54 Å². The van der Waals surface area contributed by atoms with E-state index in [-0.39, 0.29) is 17.4 Å². The fourth-order valence-electron chi connectivity index (χ4n) is 3.36. The molecule has 118 valence electrons. The average molecular weight is 302 g/mol. The predicted octanol–water partition coefficient (Wildman–Crippen LogP) is 1.59. The van der Waals surface area contributed by atoms with Crippen molar-refractivity contribution in [1.82, 2.24) is 10.2 Å². The van der Waals surface area contributed by atoms with Gasteiger partial charge in [-0.2, -0.15) is 0 Å². The largest absolute Gasteiger partial charge is 0.376 e. The summed E-state index contributed by atoms with van der Waals surface area (Å²) in [5, 5.41) is 3.15. The summed E-state index contributed by atoms with van der Waals surface area (Å²) in [6.45, 7) is 2.92. The highest BCUT2D eigenvalue weighted by atomic mass is 16.5. The lowest BCUT2D eigenvalue weighted by molar-refractivity contribution is -0.147. The molecule has 0 atom stereocenters. The smallest absolute Gasteiger partial charge is 0.251 e. The first kappa shape index (κ1) is 15.0. The minimum Gasteiger partial charge on any atom is -0.376 e. The maximum atomic E-state index is 12.5. The van der Waals surface area contributed by atoms with E-state index in [1.54, 1.807) is 24.1 Å². The molecule has 5 nitrogen and oxygen atoms in total. The fourth-order valence-corrected chi connectivity index (χ4v) is 3.36. The second-order valence-corrected chi connectivity index (χ2v) is 6.20. The van der Waals surface area contributed by atoms with E-state index in [4.69, 9.17) is 4.74 Å². The number of hydrogen-bond donors (Lipinski definition) is 1. The molecule has 3 rings (SSSR count). The number of ether oxygens (including phenoxy) is 1. The Morgan fingerprint density at radius 1 is 1.23 bits per heavy atom. The number of methoxy groups -OCH3 is 1. The molecule has 0 unspecified atom stereocenters. The fraction of sp³-hybridized carbons (Fsp3) is 0.529. The summed E-state index contributed by atoms with van der Waals surface area (Å²) in [6.07, 6.45) is 2.34. The van der Waals surface area contributed by atoms with Crippen molar-refractivity contribution >= 4 is 11.8 Å². The van der Waals surface area contributed by atoms with Crippen LogP contribution in [0.3, 0.4) is 0 Å². The third-order valence-electron chi connectivity index (χ3n) is 4.93. The Hall–Kier alpha value is -1.88. The molecule has 0 bridgehead atoms. The lowest BCUT2D eigenvalue weighted by Crippen LogP contribution is -2.77. The average Bonchev–Trinajstić information content (AvgIpc) is 3.31. The zero-order valence-corrected chi connectivity index (χ0v) is 13.1. The van der Waals surface area contributed by atoms with E-state index in [1.807, 2.05) is 25.1 Å². The highest BCUT2D eigenvalue weighted by molar-refractivity contribution is 5.95. The van der Waals surface area contributed by atoms with Gasteiger partial charge in [0.2, 0.25) is 5.91 Å². The molecule has 0 aromatic heterocycles. The number of carbonyl (C=O) groups is 2. The summed E-state index contributed by atoms with van der Waals surface area (Å²) in [5.74, 6) is 0.0176. The third kappa shape index (κ3) is 2.29. The van der Waals surface area contributed by atoms with Gasteiger partial charge in [0.1, 0.15) is 5.54 Å². The Balaban J connectivity index is 1.77. The van der Waals surface area contributed by atoms with E-state index in [2.05, 4.69) is 5.32 Å². The van der Waals surface area contributed by atoms with Crippen LogP contribution in [0, 0.1) is 0 Å². The molecule has 22 heavy (non-hydrogen) atoms. The van der Waals surface area contributed by atoms with Gasteiger partial charge in [-0.05, 0) is 25.0 Å². The molecule has 1 aliphatic heterocycles. The Morgan fingerprint density at radius 3 is 2.36 bits per heavy atom. The van der Waals surface area contributed by atoms with Crippen LogP contribution in [0.1, 0.15) is 36.5 Å². The van der Waals surface area contributed by atoms with Crippen LogP contribution in [0.15, 0.2) is 30.3 Å². The van der Waals surface area contributed by atoms with Gasteiger partial charge in [-0.1, -0.05) is 25.1 Å². The predicted molar refractivity (Wildman–Crippen MR) is 82.5 cm³/mol. The van der Waals surface area contributed by atoms with Crippen molar-refractivity contribution in [2.45, 2.75) is 37.3 Å². The molecule has 1 heterocycles. The zero-order valence-electron chi connectivity index (χ0n) is 13.1. The van der Waals surface area contributed by atoms with Crippen molar-refractivity contribution in [3.05, 3.63) is 35.9 Å². The van der Waals surface area contributed by atoms with Crippen molar-refractivity contribution in [3.63, 3.8) is 0 Å². The van der Waals surface area contributed by atoms with Gasteiger partial charge in [0.15, 0.2) is 0 Å². The van der Waals surface area contributed by atoms with E-state index in [9.17, 15) is 9.59 Å². The Morgan fingerprint density at radius 2 is 1.86 bits per heavy atom. The van der Waals surface area contributed by atoms with Gasteiger partial charge in [0, 0.05) is 32.2 Å². The first-order valence-electron chi connectivity index (χ1n) is 7.76. The van der Waals surface area contributed by atoms with Crippen molar-refractivity contribution in [2.24, 2.45) is 0 Å². The zero-order chi connectivity index (χ0) is 15.8. The summed E-state index contributed by atoms with van der Waals surface area (Å²) in [6, 6.07) is 9.16. The monoisotopic (exact) mass is 302 g/mol. The highest BCUT2D eigenvalue weighted by Gasteiger charge is 2.66. The molecule has 1 aromatic rings. The normalized spacial score (nSPS) is 20.9. The number of rotatable bonds is 5. The molecule has 1 saturated carbocycles. The van der Waals surface area contributed by atoms with Gasteiger partial charge in [-0.25, -0.2) is 0 Å².